The molecule has 100 valence electrons. The van der Waals surface area contributed by atoms with Gasteiger partial charge < -0.3 is 4.42 Å². The predicted molar refractivity (Wildman–Crippen MR) is 79.0 cm³/mol. The van der Waals surface area contributed by atoms with Crippen LogP contribution in [0.4, 0.5) is 0 Å². The highest BCUT2D eigenvalue weighted by Crippen LogP contribution is 2.22. The van der Waals surface area contributed by atoms with Crippen molar-refractivity contribution in [3.05, 3.63) is 35.5 Å². The fourth-order valence-corrected chi connectivity index (χ4v) is 1.58. The van der Waals surface area contributed by atoms with Gasteiger partial charge in [0.15, 0.2) is 6.71 Å². The van der Waals surface area contributed by atoms with Crippen LogP contribution in [0.15, 0.2) is 34.0 Å². The molecule has 0 saturated heterocycles. The van der Waals surface area contributed by atoms with Crippen molar-refractivity contribution in [2.24, 2.45) is 0 Å². The van der Waals surface area contributed by atoms with Crippen molar-refractivity contribution in [2.75, 3.05) is 0 Å². The van der Waals surface area contributed by atoms with Crippen LogP contribution in [0.25, 0.3) is 0 Å². The molecule has 1 aromatic rings. The molecule has 0 amide bonds. The lowest BCUT2D eigenvalue weighted by Crippen LogP contribution is -2.02. The molecule has 0 bridgehead atoms. The van der Waals surface area contributed by atoms with Gasteiger partial charge in [0, 0.05) is 0 Å². The van der Waals surface area contributed by atoms with Crippen molar-refractivity contribution in [1.82, 2.24) is 10.2 Å². The molecule has 1 aliphatic rings. The first-order chi connectivity index (χ1) is 8.75. The van der Waals surface area contributed by atoms with E-state index in [0.29, 0.717) is 12.6 Å². The molecule has 3 nitrogen and oxygen atoms in total. The van der Waals surface area contributed by atoms with E-state index < -0.39 is 0 Å². The maximum atomic E-state index is 5.10. The summed E-state index contributed by atoms with van der Waals surface area (Å²) in [4.78, 5) is 0. The topological polar surface area (TPSA) is 38.9 Å². The van der Waals surface area contributed by atoms with Crippen LogP contribution in [0.2, 0.25) is 13.6 Å². The second kappa shape index (κ2) is 9.69. The Morgan fingerprint density at radius 1 is 1.22 bits per heavy atom. The third kappa shape index (κ3) is 5.34. The average Bonchev–Trinajstić information content (AvgIpc) is 3.06. The Bertz CT molecular complexity index is 367. The minimum Gasteiger partial charge on any atom is -0.428 e. The Labute approximate surface area is 111 Å². The van der Waals surface area contributed by atoms with Crippen LogP contribution in [0, 0.1) is 0 Å². The normalized spacial score (nSPS) is 12.6. The lowest BCUT2D eigenvalue weighted by molar-refractivity contribution is 0.504. The summed E-state index contributed by atoms with van der Waals surface area (Å²) < 4.78 is 5.10. The lowest BCUT2D eigenvalue weighted by Gasteiger charge is -1.99. The highest BCUT2D eigenvalue weighted by atomic mass is 16.4. The minimum atomic E-state index is 0.631. The van der Waals surface area contributed by atoms with Crippen LogP contribution in [0.1, 0.15) is 40.0 Å². The van der Waals surface area contributed by atoms with Gasteiger partial charge in [-0.15, -0.1) is 10.2 Å². The molecule has 0 atom stereocenters. The fourth-order valence-electron chi connectivity index (χ4n) is 1.58. The monoisotopic (exact) mass is 248 g/mol. The van der Waals surface area contributed by atoms with Crippen molar-refractivity contribution in [2.45, 2.75) is 54.2 Å². The van der Waals surface area contributed by atoms with Gasteiger partial charge >= 0.3 is 0 Å². The number of allylic oxidation sites excluding steroid dienone is 4. The Hall–Kier alpha value is -1.32. The second-order valence-corrected chi connectivity index (χ2v) is 3.87. The number of hydrogen-bond donors (Lipinski definition) is 0. The zero-order chi connectivity index (χ0) is 14.0. The van der Waals surface area contributed by atoms with Crippen LogP contribution in [-0.2, 0) is 6.42 Å². The van der Waals surface area contributed by atoms with Crippen molar-refractivity contribution in [1.29, 1.82) is 0 Å². The van der Waals surface area contributed by atoms with E-state index in [1.807, 2.05) is 27.7 Å². The van der Waals surface area contributed by atoms with Gasteiger partial charge in [-0.05, 0) is 12.0 Å². The molecule has 1 aromatic heterocycles. The van der Waals surface area contributed by atoms with Gasteiger partial charge in [-0.2, -0.15) is 0 Å². The number of nitrogens with zero attached hydrogens (tertiary/aromatic N) is 2. The Morgan fingerprint density at radius 3 is 2.33 bits per heavy atom. The molecule has 4 heteroatoms. The molecule has 0 radical (unpaired) electrons. The Balaban J connectivity index is 0.000000659. The van der Waals surface area contributed by atoms with Gasteiger partial charge in [0.05, 0.1) is 6.42 Å². The molecule has 0 N–H and O–H groups in total. The smallest absolute Gasteiger partial charge is 0.220 e. The summed E-state index contributed by atoms with van der Waals surface area (Å²) in [6.45, 7) is 13.1. The Morgan fingerprint density at radius 2 is 1.89 bits per heavy atom. The van der Waals surface area contributed by atoms with E-state index in [0.717, 1.165) is 12.8 Å². The van der Waals surface area contributed by atoms with Gasteiger partial charge in [0.25, 0.3) is 0 Å². The third-order valence-electron chi connectivity index (χ3n) is 2.47. The number of hydrogen-bond acceptors (Lipinski definition) is 3. The number of aromatic nitrogens is 2. The van der Waals surface area contributed by atoms with Gasteiger partial charge in [0.2, 0.25) is 12.3 Å². The minimum absolute atomic E-state index is 0.631. The van der Waals surface area contributed by atoms with Crippen LogP contribution >= 0.6 is 0 Å². The molecule has 1 heterocycles. The summed E-state index contributed by atoms with van der Waals surface area (Å²) in [5, 5.41) is 7.52. The van der Waals surface area contributed by atoms with E-state index in [-0.39, 0.29) is 0 Å². The summed E-state index contributed by atoms with van der Waals surface area (Å²) >= 11 is 0. The van der Waals surface area contributed by atoms with E-state index in [2.05, 4.69) is 36.0 Å². The molecule has 2 rings (SSSR count). The second-order valence-electron chi connectivity index (χ2n) is 3.87. The Kier molecular flexibility index (Phi) is 8.98. The molecule has 0 saturated carbocycles. The van der Waals surface area contributed by atoms with Gasteiger partial charge in [-0.3, -0.25) is 0 Å². The SMILES string of the molecule is CB(C)C1=CC(Cc2nnco2)=CC1.CC.CC. The molecule has 0 fully saturated rings. The standard InChI is InChI=1S/C10H13BN2O.2C2H6/c1-11(2)9-4-3-8(5-9)6-10-13-12-7-14-10;2*1-2/h3,5,7H,4,6H2,1-2H3;2*1-2H3. The predicted octanol–water partition coefficient (Wildman–Crippen LogP) is 4.21. The third-order valence-corrected chi connectivity index (χ3v) is 2.47. The van der Waals surface area contributed by atoms with E-state index in [1.54, 1.807) is 0 Å². The fraction of sp³-hybridized carbons (Fsp3) is 0.571. The van der Waals surface area contributed by atoms with E-state index in [1.165, 1.54) is 17.4 Å². The summed E-state index contributed by atoms with van der Waals surface area (Å²) in [5.74, 6) is 0.692. The van der Waals surface area contributed by atoms with Crippen molar-refractivity contribution < 1.29 is 4.42 Å². The first kappa shape index (κ1) is 16.7. The first-order valence-corrected chi connectivity index (χ1v) is 6.90. The summed E-state index contributed by atoms with van der Waals surface area (Å²) in [6, 6.07) is 0. The van der Waals surface area contributed by atoms with Gasteiger partial charge in [0.1, 0.15) is 0 Å². The van der Waals surface area contributed by atoms with Crippen LogP contribution in [0.5, 0.6) is 0 Å². The highest BCUT2D eigenvalue weighted by molar-refractivity contribution is 6.64. The van der Waals surface area contributed by atoms with Crippen LogP contribution < -0.4 is 0 Å². The van der Waals surface area contributed by atoms with Crippen molar-refractivity contribution in [3.63, 3.8) is 0 Å². The zero-order valence-electron chi connectivity index (χ0n) is 12.5. The maximum Gasteiger partial charge on any atom is 0.220 e. The molecular formula is C14H25BN2O. The molecule has 18 heavy (non-hydrogen) atoms. The highest BCUT2D eigenvalue weighted by Gasteiger charge is 2.13. The van der Waals surface area contributed by atoms with Gasteiger partial charge in [-0.1, -0.05) is 59.0 Å². The quantitative estimate of drug-likeness (QED) is 0.752. The lowest BCUT2D eigenvalue weighted by atomic mass is 9.48. The molecule has 1 aliphatic carbocycles. The van der Waals surface area contributed by atoms with Crippen LogP contribution in [-0.4, -0.2) is 16.9 Å². The molecule has 0 unspecified atom stereocenters. The summed E-state index contributed by atoms with van der Waals surface area (Å²) in [7, 11) is 0. The summed E-state index contributed by atoms with van der Waals surface area (Å²) in [5.41, 5.74) is 2.78. The summed E-state index contributed by atoms with van der Waals surface area (Å²) in [6.07, 6.45) is 7.68. The molecule has 0 aromatic carbocycles. The molecular weight excluding hydrogens is 223 g/mol. The first-order valence-electron chi connectivity index (χ1n) is 6.90. The zero-order valence-corrected chi connectivity index (χ0v) is 12.5. The van der Waals surface area contributed by atoms with E-state index >= 15 is 0 Å². The van der Waals surface area contributed by atoms with E-state index in [9.17, 15) is 0 Å². The van der Waals surface area contributed by atoms with Crippen LogP contribution in [0.3, 0.4) is 0 Å². The molecule has 0 spiro atoms. The number of rotatable bonds is 3. The average molecular weight is 248 g/mol. The maximum absolute atomic E-state index is 5.10. The van der Waals surface area contributed by atoms with Gasteiger partial charge in [-0.25, -0.2) is 0 Å². The van der Waals surface area contributed by atoms with Crippen molar-refractivity contribution in [3.8, 4) is 0 Å². The van der Waals surface area contributed by atoms with E-state index in [4.69, 9.17) is 4.42 Å². The molecule has 0 aliphatic heterocycles. The van der Waals surface area contributed by atoms with Crippen molar-refractivity contribution >= 4 is 6.71 Å². The largest absolute Gasteiger partial charge is 0.428 e.